The highest BCUT2D eigenvalue weighted by Crippen LogP contribution is 2.50. The number of aliphatic hydroxyl groups is 1. The van der Waals surface area contributed by atoms with E-state index < -0.39 is 31.3 Å². The van der Waals surface area contributed by atoms with Crippen LogP contribution in [-0.2, 0) is 23.7 Å². The lowest BCUT2D eigenvalue weighted by molar-refractivity contribution is -0.145. The molecule has 118 valence electrons. The van der Waals surface area contributed by atoms with Gasteiger partial charge in [0, 0.05) is 0 Å². The van der Waals surface area contributed by atoms with E-state index in [4.69, 9.17) is 20.0 Å². The maximum Gasteiger partial charge on any atom is 0.357 e. The number of carbonyl (C=O) groups is 3. The van der Waals surface area contributed by atoms with Crippen molar-refractivity contribution in [3.8, 4) is 0 Å². The Bertz CT molecular complexity index is 396. The second kappa shape index (κ2) is 8.80. The number of carboxylic acids is 1. The fourth-order valence-electron chi connectivity index (χ4n) is 0.805. The van der Waals surface area contributed by atoms with Crippen LogP contribution in [0.15, 0.2) is 0 Å². The van der Waals surface area contributed by atoms with Gasteiger partial charge in [-0.15, -0.1) is 0 Å². The smallest absolute Gasteiger partial charge is 0.357 e. The number of hydrogen-bond acceptors (Lipinski definition) is 6. The van der Waals surface area contributed by atoms with Gasteiger partial charge >= 0.3 is 19.5 Å². The van der Waals surface area contributed by atoms with Crippen LogP contribution in [0.1, 0.15) is 33.6 Å². The number of carboxylic acid groups (broad SMARTS) is 1. The summed E-state index contributed by atoms with van der Waals surface area (Å²) in [5, 5.41) is 14.5. The van der Waals surface area contributed by atoms with Crippen LogP contribution in [0, 0.1) is 0 Å². The molecule has 0 saturated carbocycles. The van der Waals surface area contributed by atoms with E-state index in [9.17, 15) is 18.9 Å². The molecule has 0 aromatic heterocycles. The molecular formula is C10H19O9P. The van der Waals surface area contributed by atoms with Gasteiger partial charge in [-0.3, -0.25) is 18.9 Å². The van der Waals surface area contributed by atoms with Crippen LogP contribution in [0.5, 0.6) is 0 Å². The first-order valence-corrected chi connectivity index (χ1v) is 7.09. The average Bonchev–Trinajstić information content (AvgIpc) is 2.13. The maximum absolute atomic E-state index is 10.4. The van der Waals surface area contributed by atoms with E-state index in [0.717, 1.165) is 6.92 Å². The number of ketones is 1. The van der Waals surface area contributed by atoms with Crippen LogP contribution in [0.4, 0.5) is 0 Å². The molecule has 0 rings (SSSR count). The summed E-state index contributed by atoms with van der Waals surface area (Å²) in [7, 11) is -4.75. The fourth-order valence-corrected chi connectivity index (χ4v) is 1.15. The minimum atomic E-state index is -4.75. The van der Waals surface area contributed by atoms with Gasteiger partial charge in [-0.1, -0.05) is 0 Å². The summed E-state index contributed by atoms with van der Waals surface area (Å²) >= 11 is 0. The lowest BCUT2D eigenvalue weighted by Crippen LogP contribution is -2.27. The van der Waals surface area contributed by atoms with Crippen LogP contribution in [0.3, 0.4) is 0 Å². The molecule has 9 nitrogen and oxygen atoms in total. The van der Waals surface area contributed by atoms with Gasteiger partial charge < -0.3 is 24.7 Å². The summed E-state index contributed by atoms with van der Waals surface area (Å²) in [6.45, 7) is 4.18. The van der Waals surface area contributed by atoms with Crippen molar-refractivity contribution < 1.29 is 43.7 Å². The van der Waals surface area contributed by atoms with E-state index in [2.05, 4.69) is 4.74 Å². The molecule has 0 fully saturated rings. The summed E-state index contributed by atoms with van der Waals surface area (Å²) < 4.78 is 14.9. The first-order valence-electron chi connectivity index (χ1n) is 5.48. The normalized spacial score (nSPS) is 13.5. The SMILES string of the molecule is CC(O)(CC(=O)O)P(=O)(O)O.CCOC(=O)CC(C)=O. The van der Waals surface area contributed by atoms with Gasteiger partial charge in [0.1, 0.15) is 12.2 Å². The summed E-state index contributed by atoms with van der Waals surface area (Å²) in [5.41, 5.74) is 0. The number of aliphatic carboxylic acids is 1. The number of Topliss-reactive ketones (excluding diaryl/α,β-unsaturated/α-hetero) is 1. The van der Waals surface area contributed by atoms with Crippen molar-refractivity contribution in [1.29, 1.82) is 0 Å². The van der Waals surface area contributed by atoms with Crippen molar-refractivity contribution in [2.75, 3.05) is 6.61 Å². The summed E-state index contributed by atoms with van der Waals surface area (Å²) in [5.74, 6) is -2.06. The molecule has 0 spiro atoms. The number of rotatable bonds is 6. The Morgan fingerprint density at radius 3 is 1.90 bits per heavy atom. The van der Waals surface area contributed by atoms with Gasteiger partial charge in [-0.2, -0.15) is 0 Å². The molecular weight excluding hydrogens is 295 g/mol. The van der Waals surface area contributed by atoms with Gasteiger partial charge in [0.15, 0.2) is 5.34 Å². The molecule has 0 aliphatic carbocycles. The van der Waals surface area contributed by atoms with E-state index in [1.165, 1.54) is 6.92 Å². The van der Waals surface area contributed by atoms with Crippen LogP contribution in [0.2, 0.25) is 0 Å². The second-order valence-corrected chi connectivity index (χ2v) is 6.07. The Morgan fingerprint density at radius 1 is 1.25 bits per heavy atom. The molecule has 0 bridgehead atoms. The first-order chi connectivity index (χ1) is 8.83. The molecule has 0 aliphatic rings. The molecule has 0 saturated heterocycles. The highest BCUT2D eigenvalue weighted by Gasteiger charge is 2.42. The highest BCUT2D eigenvalue weighted by atomic mass is 31.2. The number of carbonyl (C=O) groups excluding carboxylic acids is 2. The third-order valence-electron chi connectivity index (χ3n) is 1.81. The first kappa shape index (κ1) is 21.0. The minimum Gasteiger partial charge on any atom is -0.481 e. The lowest BCUT2D eigenvalue weighted by Gasteiger charge is -2.21. The topological polar surface area (TPSA) is 158 Å². The predicted molar refractivity (Wildman–Crippen MR) is 66.9 cm³/mol. The minimum absolute atomic E-state index is 0.103. The largest absolute Gasteiger partial charge is 0.481 e. The van der Waals surface area contributed by atoms with Gasteiger partial charge in [-0.05, 0) is 20.8 Å². The van der Waals surface area contributed by atoms with Crippen molar-refractivity contribution >= 4 is 25.3 Å². The summed E-state index contributed by atoms with van der Waals surface area (Å²) in [4.78, 5) is 47.4. The molecule has 1 atom stereocenters. The maximum atomic E-state index is 10.4. The quantitative estimate of drug-likeness (QED) is 0.297. The van der Waals surface area contributed by atoms with Gasteiger partial charge in [0.2, 0.25) is 0 Å². The van der Waals surface area contributed by atoms with Crippen molar-refractivity contribution in [3.63, 3.8) is 0 Å². The molecule has 1 unspecified atom stereocenters. The molecule has 20 heavy (non-hydrogen) atoms. The van der Waals surface area contributed by atoms with Crippen molar-refractivity contribution in [1.82, 2.24) is 0 Å². The molecule has 10 heteroatoms. The Balaban J connectivity index is 0. The predicted octanol–water partition coefficient (Wildman–Crippen LogP) is -0.124. The van der Waals surface area contributed by atoms with Gasteiger partial charge in [0.25, 0.3) is 0 Å². The molecule has 0 aliphatic heterocycles. The molecule has 0 aromatic carbocycles. The zero-order valence-electron chi connectivity index (χ0n) is 11.4. The van der Waals surface area contributed by atoms with E-state index in [0.29, 0.717) is 6.61 Å². The zero-order valence-corrected chi connectivity index (χ0v) is 12.3. The van der Waals surface area contributed by atoms with E-state index in [-0.39, 0.29) is 12.2 Å². The van der Waals surface area contributed by atoms with E-state index in [1.807, 2.05) is 0 Å². The van der Waals surface area contributed by atoms with Gasteiger partial charge in [0.05, 0.1) is 13.0 Å². The molecule has 0 heterocycles. The number of ether oxygens (including phenoxy) is 1. The van der Waals surface area contributed by atoms with Crippen molar-refractivity contribution in [2.45, 2.75) is 39.0 Å². The Labute approximate surface area is 115 Å². The standard InChI is InChI=1S/C6H10O3.C4H9O6P/c1-3-9-6(8)4-5(2)7;1-4(7,2-3(5)6)11(8,9)10/h3-4H2,1-2H3;7H,2H2,1H3,(H,5,6)(H2,8,9,10). The summed E-state index contributed by atoms with van der Waals surface area (Å²) in [6, 6.07) is 0. The molecule has 4 N–H and O–H groups in total. The second-order valence-electron chi connectivity index (χ2n) is 4.02. The van der Waals surface area contributed by atoms with Gasteiger partial charge in [-0.25, -0.2) is 0 Å². The number of hydrogen-bond donors (Lipinski definition) is 4. The van der Waals surface area contributed by atoms with E-state index >= 15 is 0 Å². The molecule has 0 aromatic rings. The van der Waals surface area contributed by atoms with Crippen LogP contribution in [-0.4, -0.2) is 49.7 Å². The zero-order chi connectivity index (χ0) is 16.6. The molecule has 0 amide bonds. The van der Waals surface area contributed by atoms with Crippen LogP contribution < -0.4 is 0 Å². The third-order valence-corrected chi connectivity index (χ3v) is 3.23. The highest BCUT2D eigenvalue weighted by molar-refractivity contribution is 7.53. The van der Waals surface area contributed by atoms with Crippen molar-refractivity contribution in [2.24, 2.45) is 0 Å². The summed E-state index contributed by atoms with van der Waals surface area (Å²) in [6.07, 6.45) is -1.08. The van der Waals surface area contributed by atoms with Crippen LogP contribution in [0.25, 0.3) is 0 Å². The fraction of sp³-hybridized carbons (Fsp3) is 0.700. The Kier molecular flexibility index (Phi) is 9.26. The third kappa shape index (κ3) is 10.6. The monoisotopic (exact) mass is 314 g/mol. The average molecular weight is 314 g/mol. The van der Waals surface area contributed by atoms with E-state index in [1.54, 1.807) is 6.92 Å². The lowest BCUT2D eigenvalue weighted by atomic mass is 10.3. The Morgan fingerprint density at radius 2 is 1.70 bits per heavy atom. The Hall–Kier alpha value is -1.28. The molecule has 0 radical (unpaired) electrons. The number of esters is 1. The van der Waals surface area contributed by atoms with Crippen LogP contribution >= 0.6 is 7.60 Å². The van der Waals surface area contributed by atoms with Crippen molar-refractivity contribution in [3.05, 3.63) is 0 Å².